The number of aliphatic carboxylic acids is 1. The fourth-order valence-electron chi connectivity index (χ4n) is 1.88. The summed E-state index contributed by atoms with van der Waals surface area (Å²) in [5, 5.41) is 28.1. The van der Waals surface area contributed by atoms with E-state index in [4.69, 9.17) is 16.3 Å². The fraction of sp³-hybridized carbons (Fsp3) is 0.267. The monoisotopic (exact) mass is 368 g/mol. The molecular weight excluding hydrogens is 354 g/mol. The van der Waals surface area contributed by atoms with Gasteiger partial charge in [-0.05, 0) is 47.7 Å². The van der Waals surface area contributed by atoms with Gasteiger partial charge < -0.3 is 14.9 Å². The molecule has 0 aliphatic rings. The second-order valence-electron chi connectivity index (χ2n) is 4.76. The minimum Gasteiger partial charge on any atom is -0.869 e. The smallest absolute Gasteiger partial charge is 0.342 e. The average molecular weight is 369 g/mol. The fourth-order valence-corrected chi connectivity index (χ4v) is 2.83. The van der Waals surface area contributed by atoms with Crippen molar-refractivity contribution in [2.75, 3.05) is 7.11 Å². The molecule has 1 heterocycles. The molecule has 0 radical (unpaired) electrons. The summed E-state index contributed by atoms with van der Waals surface area (Å²) in [5.41, 5.74) is 0.436. The average Bonchev–Trinajstić information content (AvgIpc) is 2.97. The first kappa shape index (κ1) is 18.2. The lowest BCUT2D eigenvalue weighted by Crippen LogP contribution is -1.99. The summed E-state index contributed by atoms with van der Waals surface area (Å²) < 4.78 is 4.95. The van der Waals surface area contributed by atoms with E-state index in [1.807, 2.05) is 6.92 Å². The number of nitrogens with zero attached hydrogens (tertiary/aromatic N) is 2. The molecule has 7 nitrogen and oxygen atoms in total. The van der Waals surface area contributed by atoms with Gasteiger partial charge in [-0.2, -0.15) is 0 Å². The van der Waals surface area contributed by atoms with Gasteiger partial charge in [0.25, 0.3) is 0 Å². The number of nitrogens with one attached hydrogen (secondary N) is 1. The van der Waals surface area contributed by atoms with Gasteiger partial charge in [0.15, 0.2) is 0 Å². The Bertz CT molecular complexity index is 776. The number of benzene rings is 1. The van der Waals surface area contributed by atoms with Crippen LogP contribution in [0.3, 0.4) is 0 Å². The molecule has 0 saturated heterocycles. The molecule has 9 heteroatoms. The number of carboxylic acid groups (broad SMARTS) is 1. The summed E-state index contributed by atoms with van der Waals surface area (Å²) in [6.45, 7) is 2.01. The molecule has 0 atom stereocenters. The van der Waals surface area contributed by atoms with Crippen LogP contribution in [0.5, 0.6) is 11.5 Å². The molecule has 1 aromatic carbocycles. The quantitative estimate of drug-likeness (QED) is 0.570. The SMILES string of the molecule is CCCc1nc(S/C(=C/c2cc(Cl)c([O-])c(OC)c2)C(=O)O)n[nH]1. The Morgan fingerprint density at radius 2 is 2.29 bits per heavy atom. The van der Waals surface area contributed by atoms with Gasteiger partial charge in [0.1, 0.15) is 16.5 Å². The topological polar surface area (TPSA) is 111 Å². The number of thioether (sulfide) groups is 1. The third-order valence-electron chi connectivity index (χ3n) is 2.96. The Balaban J connectivity index is 2.31. The normalized spacial score (nSPS) is 11.5. The minimum absolute atomic E-state index is 0.00572. The lowest BCUT2D eigenvalue weighted by Gasteiger charge is -2.15. The van der Waals surface area contributed by atoms with E-state index >= 15 is 0 Å². The van der Waals surface area contributed by atoms with Crippen molar-refractivity contribution in [3.8, 4) is 11.5 Å². The molecule has 0 fully saturated rings. The molecule has 2 rings (SSSR count). The molecule has 128 valence electrons. The number of halogens is 1. The van der Waals surface area contributed by atoms with Gasteiger partial charge in [-0.25, -0.2) is 9.78 Å². The molecule has 0 aliphatic heterocycles. The summed E-state index contributed by atoms with van der Waals surface area (Å²) >= 11 is 6.76. The van der Waals surface area contributed by atoms with Crippen molar-refractivity contribution in [3.05, 3.63) is 33.4 Å². The van der Waals surface area contributed by atoms with Gasteiger partial charge in [0.05, 0.1) is 7.11 Å². The summed E-state index contributed by atoms with van der Waals surface area (Å²) in [7, 11) is 1.34. The van der Waals surface area contributed by atoms with Gasteiger partial charge in [0.2, 0.25) is 5.16 Å². The number of methoxy groups -OCH3 is 1. The van der Waals surface area contributed by atoms with Crippen LogP contribution in [0.1, 0.15) is 24.7 Å². The van der Waals surface area contributed by atoms with Gasteiger partial charge in [-0.1, -0.05) is 18.5 Å². The minimum atomic E-state index is -1.14. The van der Waals surface area contributed by atoms with E-state index in [1.165, 1.54) is 25.3 Å². The van der Waals surface area contributed by atoms with E-state index in [0.717, 1.165) is 24.6 Å². The Hall–Kier alpha value is -2.19. The van der Waals surface area contributed by atoms with Crippen LogP contribution in [-0.4, -0.2) is 33.4 Å². The summed E-state index contributed by atoms with van der Waals surface area (Å²) in [5.74, 6) is -0.834. The molecule has 0 saturated carbocycles. The van der Waals surface area contributed by atoms with Crippen molar-refractivity contribution in [3.63, 3.8) is 0 Å². The van der Waals surface area contributed by atoms with Crippen LogP contribution in [0, 0.1) is 0 Å². The molecule has 24 heavy (non-hydrogen) atoms. The lowest BCUT2D eigenvalue weighted by atomic mass is 10.2. The Morgan fingerprint density at radius 3 is 2.92 bits per heavy atom. The van der Waals surface area contributed by atoms with Crippen molar-refractivity contribution in [1.82, 2.24) is 15.2 Å². The third-order valence-corrected chi connectivity index (χ3v) is 4.12. The van der Waals surface area contributed by atoms with E-state index in [1.54, 1.807) is 0 Å². The maximum Gasteiger partial charge on any atom is 0.342 e. The number of hydrogen-bond donors (Lipinski definition) is 2. The number of H-pyrrole nitrogens is 1. The summed E-state index contributed by atoms with van der Waals surface area (Å²) in [6.07, 6.45) is 3.02. The lowest BCUT2D eigenvalue weighted by molar-refractivity contribution is -0.269. The van der Waals surface area contributed by atoms with E-state index in [-0.39, 0.29) is 15.7 Å². The molecule has 0 amide bonds. The number of ether oxygens (including phenoxy) is 1. The molecule has 0 aliphatic carbocycles. The van der Waals surface area contributed by atoms with Crippen LogP contribution in [0.2, 0.25) is 5.02 Å². The van der Waals surface area contributed by atoms with E-state index in [0.29, 0.717) is 16.5 Å². The highest BCUT2D eigenvalue weighted by atomic mass is 35.5. The van der Waals surface area contributed by atoms with Crippen LogP contribution in [0.4, 0.5) is 0 Å². The highest BCUT2D eigenvalue weighted by Crippen LogP contribution is 2.34. The van der Waals surface area contributed by atoms with Crippen LogP contribution in [0.15, 0.2) is 22.2 Å². The van der Waals surface area contributed by atoms with Crippen molar-refractivity contribution in [2.45, 2.75) is 24.9 Å². The van der Waals surface area contributed by atoms with Crippen LogP contribution >= 0.6 is 23.4 Å². The number of aryl methyl sites for hydroxylation is 1. The summed E-state index contributed by atoms with van der Waals surface area (Å²) in [4.78, 5) is 15.7. The second kappa shape index (κ2) is 8.07. The highest BCUT2D eigenvalue weighted by Gasteiger charge is 2.14. The Labute approximate surface area is 147 Å². The first-order valence-corrected chi connectivity index (χ1v) is 8.22. The first-order valence-electron chi connectivity index (χ1n) is 7.03. The van der Waals surface area contributed by atoms with E-state index in [2.05, 4.69) is 15.2 Å². The van der Waals surface area contributed by atoms with Gasteiger partial charge in [-0.15, -0.1) is 5.10 Å². The molecule has 0 bridgehead atoms. The Kier molecular flexibility index (Phi) is 6.10. The first-order chi connectivity index (χ1) is 11.4. The highest BCUT2D eigenvalue weighted by molar-refractivity contribution is 8.04. The summed E-state index contributed by atoms with van der Waals surface area (Å²) in [6, 6.07) is 2.81. The Morgan fingerprint density at radius 1 is 1.54 bits per heavy atom. The standard InChI is InChI=1S/C15H16ClN3O4S/c1-3-4-12-17-15(19-18-12)24-11(14(21)22)7-8-5-9(16)13(20)10(6-8)23-2/h5-7,20H,3-4H2,1-2H3,(H,21,22)(H,17,18,19)/p-1/b11-7+. The zero-order valence-electron chi connectivity index (χ0n) is 13.0. The second-order valence-corrected chi connectivity index (χ2v) is 6.18. The van der Waals surface area contributed by atoms with Gasteiger partial charge in [0, 0.05) is 11.4 Å². The zero-order valence-corrected chi connectivity index (χ0v) is 14.6. The molecule has 2 N–H and O–H groups in total. The number of aromatic nitrogens is 3. The predicted molar refractivity (Wildman–Crippen MR) is 89.3 cm³/mol. The maximum absolute atomic E-state index is 11.7. The van der Waals surface area contributed by atoms with Crippen molar-refractivity contribution < 1.29 is 19.7 Å². The molecule has 0 spiro atoms. The molecule has 0 unspecified atom stereocenters. The molecule has 2 aromatic rings. The third kappa shape index (κ3) is 4.42. The van der Waals surface area contributed by atoms with Crippen molar-refractivity contribution in [2.24, 2.45) is 0 Å². The maximum atomic E-state index is 11.7. The number of rotatable bonds is 7. The van der Waals surface area contributed by atoms with Crippen molar-refractivity contribution in [1.29, 1.82) is 0 Å². The van der Waals surface area contributed by atoms with Gasteiger partial charge in [-0.3, -0.25) is 5.10 Å². The number of carboxylic acids is 1. The zero-order chi connectivity index (χ0) is 17.7. The number of hydrogen-bond acceptors (Lipinski definition) is 6. The number of carbonyl (C=O) groups is 1. The molecule has 1 aromatic heterocycles. The van der Waals surface area contributed by atoms with Crippen LogP contribution < -0.4 is 9.84 Å². The van der Waals surface area contributed by atoms with Crippen molar-refractivity contribution >= 4 is 35.4 Å². The van der Waals surface area contributed by atoms with E-state index in [9.17, 15) is 15.0 Å². The molecular formula is C15H15ClN3O4S-. The largest absolute Gasteiger partial charge is 0.869 e. The predicted octanol–water partition coefficient (Wildman–Crippen LogP) is 2.71. The van der Waals surface area contributed by atoms with Gasteiger partial charge >= 0.3 is 5.97 Å². The number of aromatic amines is 1. The van der Waals surface area contributed by atoms with E-state index < -0.39 is 11.7 Å². The van der Waals surface area contributed by atoms with Crippen LogP contribution in [-0.2, 0) is 11.2 Å². The van der Waals surface area contributed by atoms with Crippen LogP contribution in [0.25, 0.3) is 6.08 Å².